The number of aliphatic carboxylic acids is 1. The maximum absolute atomic E-state index is 12.9. The molecule has 2 N–H and O–H groups in total. The fourth-order valence-electron chi connectivity index (χ4n) is 4.12. The molecular weight excluding hydrogens is 511 g/mol. The molecule has 39 heavy (non-hydrogen) atoms. The number of carboxylic acid groups (broad SMARTS) is 1. The van der Waals surface area contributed by atoms with Crippen molar-refractivity contribution in [3.05, 3.63) is 71.0 Å². The molecule has 2 aromatic carbocycles. The lowest BCUT2D eigenvalue weighted by atomic mass is 9.95. The fourth-order valence-corrected chi connectivity index (χ4v) is 4.12. The second-order valence-electron chi connectivity index (χ2n) is 10.4. The van der Waals surface area contributed by atoms with Crippen molar-refractivity contribution >= 4 is 17.6 Å². The van der Waals surface area contributed by atoms with Crippen molar-refractivity contribution in [1.29, 1.82) is 0 Å². The number of hydrogen-bond donors (Lipinski definition) is 2. The smallest absolute Gasteiger partial charge is 0.416 e. The first-order valence-corrected chi connectivity index (χ1v) is 12.6. The van der Waals surface area contributed by atoms with Gasteiger partial charge in [-0.3, -0.25) is 4.79 Å². The molecule has 1 saturated carbocycles. The predicted octanol–water partition coefficient (Wildman–Crippen LogP) is 6.72. The predicted molar refractivity (Wildman–Crippen MR) is 140 cm³/mol. The summed E-state index contributed by atoms with van der Waals surface area (Å²) in [6.07, 6.45) is -0.901. The molecule has 1 heterocycles. The number of nitrogens with zero attached hydrogens (tertiary/aromatic N) is 2. The monoisotopic (exact) mass is 541 g/mol. The van der Waals surface area contributed by atoms with Gasteiger partial charge < -0.3 is 15.2 Å². The summed E-state index contributed by atoms with van der Waals surface area (Å²) in [6.45, 7) is 6.69. The summed E-state index contributed by atoms with van der Waals surface area (Å²) < 4.78 is 44.3. The highest BCUT2D eigenvalue weighted by Gasteiger charge is 2.32. The van der Waals surface area contributed by atoms with Crippen LogP contribution in [0.15, 0.2) is 48.7 Å². The standard InChI is InChI=1S/C29H30F3N3O4/c1-16(20-9-12-23(17(2)13-20)39-28(3,4)27(37)38)14-24(36)34-22-15-33-26(35-25(22)18-5-6-18)19-7-10-21(11-8-19)29(30,31)32/h7-13,15-16,18H,5-6,14H2,1-4H3,(H,34,36)(H,37,38). The van der Waals surface area contributed by atoms with E-state index in [1.807, 2.05) is 26.0 Å². The summed E-state index contributed by atoms with van der Waals surface area (Å²) in [7, 11) is 0. The van der Waals surface area contributed by atoms with E-state index in [2.05, 4.69) is 15.3 Å². The SMILES string of the molecule is Cc1cc(C(C)CC(=O)Nc2cnc(-c3ccc(C(F)(F)F)cc3)nc2C2CC2)ccc1OC(C)(C)C(=O)O. The number of carbonyl (C=O) groups excluding carboxylic acids is 1. The molecule has 1 atom stereocenters. The van der Waals surface area contributed by atoms with E-state index in [1.165, 1.54) is 32.2 Å². The van der Waals surface area contributed by atoms with Gasteiger partial charge in [0, 0.05) is 17.9 Å². The maximum Gasteiger partial charge on any atom is 0.416 e. The molecule has 3 aromatic rings. The molecular formula is C29H30F3N3O4. The third kappa shape index (κ3) is 6.74. The number of ether oxygens (including phenoxy) is 1. The minimum absolute atomic E-state index is 0.137. The molecule has 10 heteroatoms. The van der Waals surface area contributed by atoms with Crippen LogP contribution in [0.2, 0.25) is 0 Å². The Bertz CT molecular complexity index is 1380. The molecule has 4 rings (SSSR count). The van der Waals surface area contributed by atoms with Crippen LogP contribution in [-0.2, 0) is 15.8 Å². The van der Waals surface area contributed by atoms with Crippen molar-refractivity contribution in [2.45, 2.75) is 70.6 Å². The molecule has 0 spiro atoms. The molecule has 1 amide bonds. The van der Waals surface area contributed by atoms with Crippen molar-refractivity contribution in [2.24, 2.45) is 0 Å². The van der Waals surface area contributed by atoms with Crippen molar-refractivity contribution in [3.63, 3.8) is 0 Å². The van der Waals surface area contributed by atoms with Crippen molar-refractivity contribution in [2.75, 3.05) is 5.32 Å². The van der Waals surface area contributed by atoms with Gasteiger partial charge in [0.15, 0.2) is 11.4 Å². The number of anilines is 1. The molecule has 0 aliphatic heterocycles. The first-order valence-electron chi connectivity index (χ1n) is 12.6. The van der Waals surface area contributed by atoms with Gasteiger partial charge in [-0.1, -0.05) is 31.2 Å². The lowest BCUT2D eigenvalue weighted by Crippen LogP contribution is -2.38. The molecule has 1 aromatic heterocycles. The first kappa shape index (κ1) is 28.1. The van der Waals surface area contributed by atoms with Gasteiger partial charge in [-0.2, -0.15) is 13.2 Å². The average molecular weight is 542 g/mol. The van der Waals surface area contributed by atoms with Gasteiger partial charge in [-0.15, -0.1) is 0 Å². The lowest BCUT2D eigenvalue weighted by Gasteiger charge is -2.23. The summed E-state index contributed by atoms with van der Waals surface area (Å²) in [5, 5.41) is 12.2. The number of halogens is 3. The molecule has 0 bridgehead atoms. The Morgan fingerprint density at radius 3 is 2.36 bits per heavy atom. The molecule has 7 nitrogen and oxygen atoms in total. The van der Waals surface area contributed by atoms with Gasteiger partial charge in [0.2, 0.25) is 5.91 Å². The van der Waals surface area contributed by atoms with Gasteiger partial charge in [0.25, 0.3) is 0 Å². The minimum atomic E-state index is -4.42. The van der Waals surface area contributed by atoms with Gasteiger partial charge in [-0.25, -0.2) is 14.8 Å². The van der Waals surface area contributed by atoms with Crippen LogP contribution in [0.3, 0.4) is 0 Å². The number of hydrogen-bond acceptors (Lipinski definition) is 5. The van der Waals surface area contributed by atoms with Gasteiger partial charge in [-0.05, 0) is 68.9 Å². The van der Waals surface area contributed by atoms with E-state index < -0.39 is 23.3 Å². The Balaban J connectivity index is 1.45. The van der Waals surface area contributed by atoms with Crippen LogP contribution in [0.25, 0.3) is 11.4 Å². The van der Waals surface area contributed by atoms with Crippen LogP contribution in [0.5, 0.6) is 5.75 Å². The van der Waals surface area contributed by atoms with Crippen LogP contribution < -0.4 is 10.1 Å². The summed E-state index contributed by atoms with van der Waals surface area (Å²) >= 11 is 0. The number of nitrogens with one attached hydrogen (secondary N) is 1. The highest BCUT2D eigenvalue weighted by Crippen LogP contribution is 2.43. The van der Waals surface area contributed by atoms with E-state index in [-0.39, 0.29) is 24.2 Å². The maximum atomic E-state index is 12.9. The number of aromatic nitrogens is 2. The van der Waals surface area contributed by atoms with E-state index in [1.54, 1.807) is 6.07 Å². The van der Waals surface area contributed by atoms with Crippen LogP contribution in [0.1, 0.15) is 74.3 Å². The quantitative estimate of drug-likeness (QED) is 0.312. The van der Waals surface area contributed by atoms with Crippen LogP contribution in [-0.4, -0.2) is 32.6 Å². The number of carboxylic acids is 1. The van der Waals surface area contributed by atoms with E-state index >= 15 is 0 Å². The summed E-state index contributed by atoms with van der Waals surface area (Å²) in [4.78, 5) is 33.2. The summed E-state index contributed by atoms with van der Waals surface area (Å²) in [5.41, 5.74) is 1.19. The van der Waals surface area contributed by atoms with Crippen LogP contribution in [0.4, 0.5) is 18.9 Å². The second kappa shape index (κ2) is 10.7. The third-order valence-corrected chi connectivity index (χ3v) is 6.67. The molecule has 206 valence electrons. The Labute approximate surface area is 224 Å². The van der Waals surface area contributed by atoms with Crippen LogP contribution in [0, 0.1) is 6.92 Å². The Hall–Kier alpha value is -3.95. The topological polar surface area (TPSA) is 101 Å². The van der Waals surface area contributed by atoms with Crippen molar-refractivity contribution in [3.8, 4) is 17.1 Å². The molecule has 0 saturated heterocycles. The van der Waals surface area contributed by atoms with Crippen molar-refractivity contribution < 1.29 is 32.6 Å². The Morgan fingerprint density at radius 1 is 1.13 bits per heavy atom. The zero-order valence-electron chi connectivity index (χ0n) is 22.1. The van der Waals surface area contributed by atoms with Gasteiger partial charge in [0.05, 0.1) is 23.1 Å². The molecule has 0 radical (unpaired) electrons. The number of carbonyl (C=O) groups is 2. The average Bonchev–Trinajstić information content (AvgIpc) is 3.70. The Morgan fingerprint density at radius 2 is 1.79 bits per heavy atom. The van der Waals surface area contributed by atoms with E-state index in [4.69, 9.17) is 4.74 Å². The van der Waals surface area contributed by atoms with Gasteiger partial charge in [0.1, 0.15) is 5.75 Å². The highest BCUT2D eigenvalue weighted by atomic mass is 19.4. The Kier molecular flexibility index (Phi) is 7.68. The number of rotatable bonds is 9. The number of alkyl halides is 3. The molecule has 1 unspecified atom stereocenters. The zero-order valence-corrected chi connectivity index (χ0v) is 22.1. The highest BCUT2D eigenvalue weighted by molar-refractivity contribution is 5.92. The molecule has 1 aliphatic carbocycles. The summed E-state index contributed by atoms with van der Waals surface area (Å²) in [6, 6.07) is 10.1. The van der Waals surface area contributed by atoms with Crippen LogP contribution >= 0.6 is 0 Å². The van der Waals surface area contributed by atoms with Gasteiger partial charge >= 0.3 is 12.1 Å². The zero-order chi connectivity index (χ0) is 28.5. The molecule has 1 aliphatic rings. The number of benzene rings is 2. The van der Waals surface area contributed by atoms with E-state index in [0.717, 1.165) is 36.1 Å². The third-order valence-electron chi connectivity index (χ3n) is 6.67. The first-order chi connectivity index (χ1) is 18.2. The number of amides is 1. The van der Waals surface area contributed by atoms with Crippen molar-refractivity contribution in [1.82, 2.24) is 9.97 Å². The molecule has 1 fully saturated rings. The van der Waals surface area contributed by atoms with E-state index in [0.29, 0.717) is 28.5 Å². The number of aryl methyl sites for hydroxylation is 1. The fraction of sp³-hybridized carbons (Fsp3) is 0.379. The lowest BCUT2D eigenvalue weighted by molar-refractivity contribution is -0.152. The minimum Gasteiger partial charge on any atom is -0.478 e. The summed E-state index contributed by atoms with van der Waals surface area (Å²) in [5.74, 6) is -0.498. The largest absolute Gasteiger partial charge is 0.478 e. The van der Waals surface area contributed by atoms with E-state index in [9.17, 15) is 27.9 Å². The normalized spacial score (nSPS) is 14.5. The second-order valence-corrected chi connectivity index (χ2v) is 10.4.